The molecule has 1 aliphatic heterocycles. The molecular formula is C23H38BrN3S2. The Kier molecular flexibility index (Phi) is 11.5. The van der Waals surface area contributed by atoms with Crippen LogP contribution in [0.3, 0.4) is 0 Å². The van der Waals surface area contributed by atoms with Gasteiger partial charge in [0.15, 0.2) is 5.17 Å². The summed E-state index contributed by atoms with van der Waals surface area (Å²) in [4.78, 5) is 4.98. The van der Waals surface area contributed by atoms with E-state index in [1.54, 1.807) is 0 Å². The highest BCUT2D eigenvalue weighted by molar-refractivity contribution is 9.10. The lowest BCUT2D eigenvalue weighted by Crippen LogP contribution is -2.38. The van der Waals surface area contributed by atoms with Gasteiger partial charge in [-0.2, -0.15) is 0 Å². The highest BCUT2D eigenvalue weighted by Gasteiger charge is 2.31. The fraction of sp³-hybridized carbons (Fsp3) is 0.696. The first kappa shape index (κ1) is 25.1. The molecule has 1 atom stereocenters. The van der Waals surface area contributed by atoms with Gasteiger partial charge in [0.05, 0.1) is 0 Å². The first-order valence-electron chi connectivity index (χ1n) is 11.0. The number of unbranched alkanes of at least 4 members (excludes halogenated alkanes) is 5. The molecule has 0 aliphatic carbocycles. The number of thioether (sulfide) groups is 1. The average molecular weight is 501 g/mol. The van der Waals surface area contributed by atoms with Crippen LogP contribution in [-0.2, 0) is 0 Å². The number of anilines is 1. The van der Waals surface area contributed by atoms with Gasteiger partial charge in [0, 0.05) is 27.7 Å². The number of aliphatic imine (C=N–C) groups is 1. The predicted molar refractivity (Wildman–Crippen MR) is 138 cm³/mol. The number of rotatable bonds is 10. The Balaban J connectivity index is 1.91. The van der Waals surface area contributed by atoms with Gasteiger partial charge in [-0.05, 0) is 36.5 Å². The molecule has 6 heteroatoms. The standard InChI is InChI=1S/C23H38BrN3S2/c1-5-6-7-8-9-10-14-28-22(26-21-13-11-12-20(24)15-21)25-18-27-17-23(3,4)16-19(2)29-27/h11-13,15,19H,5-10,14,16-18H2,1-4H3,(H,25,26). The Morgan fingerprint density at radius 3 is 2.76 bits per heavy atom. The summed E-state index contributed by atoms with van der Waals surface area (Å²) in [5.74, 6) is 1.13. The maximum absolute atomic E-state index is 4.98. The molecule has 1 aliphatic rings. The largest absolute Gasteiger partial charge is 0.335 e. The molecule has 0 amide bonds. The van der Waals surface area contributed by atoms with Gasteiger partial charge in [0.2, 0.25) is 0 Å². The summed E-state index contributed by atoms with van der Waals surface area (Å²) in [6.45, 7) is 11.2. The molecule has 1 aromatic rings. The van der Waals surface area contributed by atoms with Crippen molar-refractivity contribution in [3.05, 3.63) is 28.7 Å². The van der Waals surface area contributed by atoms with Crippen LogP contribution in [0.4, 0.5) is 5.69 Å². The molecule has 1 unspecified atom stereocenters. The summed E-state index contributed by atoms with van der Waals surface area (Å²) >= 11 is 7.39. The zero-order chi connectivity index (χ0) is 21.1. The molecule has 0 spiro atoms. The third-order valence-electron chi connectivity index (χ3n) is 4.96. The Morgan fingerprint density at radius 1 is 1.28 bits per heavy atom. The van der Waals surface area contributed by atoms with E-state index in [2.05, 4.69) is 77.5 Å². The van der Waals surface area contributed by atoms with Gasteiger partial charge in [-0.3, -0.25) is 0 Å². The van der Waals surface area contributed by atoms with E-state index in [1.807, 2.05) is 23.7 Å². The van der Waals surface area contributed by atoms with Crippen molar-refractivity contribution in [3.8, 4) is 0 Å². The van der Waals surface area contributed by atoms with Gasteiger partial charge < -0.3 is 5.32 Å². The topological polar surface area (TPSA) is 27.6 Å². The average Bonchev–Trinajstić information content (AvgIpc) is 2.63. The van der Waals surface area contributed by atoms with Crippen LogP contribution in [0.2, 0.25) is 0 Å². The number of halogens is 1. The summed E-state index contributed by atoms with van der Waals surface area (Å²) in [7, 11) is 0. The first-order valence-corrected chi connectivity index (χ1v) is 13.6. The predicted octanol–water partition coefficient (Wildman–Crippen LogP) is 8.04. The van der Waals surface area contributed by atoms with E-state index in [9.17, 15) is 0 Å². The van der Waals surface area contributed by atoms with Crippen molar-refractivity contribution in [2.45, 2.75) is 77.9 Å². The van der Waals surface area contributed by atoms with Crippen molar-refractivity contribution in [1.29, 1.82) is 0 Å². The molecule has 29 heavy (non-hydrogen) atoms. The van der Waals surface area contributed by atoms with E-state index in [4.69, 9.17) is 4.99 Å². The number of amidine groups is 1. The molecule has 0 bridgehead atoms. The van der Waals surface area contributed by atoms with Crippen LogP contribution >= 0.6 is 39.6 Å². The van der Waals surface area contributed by atoms with Gasteiger partial charge in [-0.1, -0.05) is 106 Å². The summed E-state index contributed by atoms with van der Waals surface area (Å²) in [6.07, 6.45) is 9.27. The Bertz CT molecular complexity index is 636. The molecular weight excluding hydrogens is 462 g/mol. The fourth-order valence-corrected chi connectivity index (χ4v) is 6.60. The summed E-state index contributed by atoms with van der Waals surface area (Å²) < 4.78 is 3.52. The number of hydrogen-bond acceptors (Lipinski definition) is 4. The second-order valence-electron chi connectivity index (χ2n) is 8.78. The Morgan fingerprint density at radius 2 is 2.03 bits per heavy atom. The van der Waals surface area contributed by atoms with Crippen LogP contribution in [0.15, 0.2) is 33.7 Å². The quantitative estimate of drug-likeness (QED) is 0.152. The number of hydrogen-bond donors (Lipinski definition) is 1. The van der Waals surface area contributed by atoms with Gasteiger partial charge in [0.1, 0.15) is 6.67 Å². The second-order valence-corrected chi connectivity index (χ2v) is 12.3. The van der Waals surface area contributed by atoms with Crippen molar-refractivity contribution < 1.29 is 0 Å². The highest BCUT2D eigenvalue weighted by atomic mass is 79.9. The third-order valence-corrected chi connectivity index (χ3v) is 7.52. The number of benzene rings is 1. The van der Waals surface area contributed by atoms with E-state index in [1.165, 1.54) is 44.9 Å². The maximum atomic E-state index is 4.98. The van der Waals surface area contributed by atoms with Crippen LogP contribution < -0.4 is 5.32 Å². The van der Waals surface area contributed by atoms with Crippen LogP contribution in [0.5, 0.6) is 0 Å². The highest BCUT2D eigenvalue weighted by Crippen LogP contribution is 2.37. The third kappa shape index (κ3) is 10.6. The minimum Gasteiger partial charge on any atom is -0.335 e. The Hall–Kier alpha value is -0.170. The van der Waals surface area contributed by atoms with E-state index in [0.29, 0.717) is 10.7 Å². The molecule has 1 aromatic carbocycles. The molecule has 164 valence electrons. The number of nitrogens with one attached hydrogen (secondary N) is 1. The van der Waals surface area contributed by atoms with Crippen LogP contribution in [0, 0.1) is 5.41 Å². The smallest absolute Gasteiger partial charge is 0.162 e. The van der Waals surface area contributed by atoms with Gasteiger partial charge in [-0.15, -0.1) is 0 Å². The lowest BCUT2D eigenvalue weighted by atomic mass is 9.88. The fourth-order valence-electron chi connectivity index (χ4n) is 3.74. The molecule has 0 aromatic heterocycles. The van der Waals surface area contributed by atoms with Crippen LogP contribution in [-0.4, -0.2) is 33.7 Å². The summed E-state index contributed by atoms with van der Waals surface area (Å²) in [5.41, 5.74) is 1.46. The monoisotopic (exact) mass is 499 g/mol. The lowest BCUT2D eigenvalue weighted by molar-refractivity contribution is 0.239. The molecule has 1 fully saturated rings. The summed E-state index contributed by atoms with van der Waals surface area (Å²) in [5, 5.41) is 5.24. The molecule has 1 heterocycles. The molecule has 1 saturated heterocycles. The van der Waals surface area contributed by atoms with Crippen LogP contribution in [0.25, 0.3) is 0 Å². The van der Waals surface area contributed by atoms with E-state index in [0.717, 1.165) is 34.3 Å². The van der Waals surface area contributed by atoms with E-state index in [-0.39, 0.29) is 0 Å². The van der Waals surface area contributed by atoms with Crippen molar-refractivity contribution >= 4 is 50.5 Å². The van der Waals surface area contributed by atoms with Crippen molar-refractivity contribution in [2.75, 3.05) is 24.3 Å². The van der Waals surface area contributed by atoms with E-state index >= 15 is 0 Å². The molecule has 1 N–H and O–H groups in total. The lowest BCUT2D eigenvalue weighted by Gasteiger charge is -2.39. The van der Waals surface area contributed by atoms with Gasteiger partial charge in [-0.25, -0.2) is 9.30 Å². The normalized spacial score (nSPS) is 20.0. The molecule has 0 radical (unpaired) electrons. The minimum atomic E-state index is 0.365. The molecule has 2 rings (SSSR count). The second kappa shape index (κ2) is 13.3. The Labute approximate surface area is 195 Å². The molecule has 3 nitrogen and oxygen atoms in total. The number of nitrogens with zero attached hydrogens (tertiary/aromatic N) is 2. The van der Waals surface area contributed by atoms with Gasteiger partial charge in [0.25, 0.3) is 0 Å². The van der Waals surface area contributed by atoms with Crippen LogP contribution in [0.1, 0.15) is 72.6 Å². The minimum absolute atomic E-state index is 0.365. The van der Waals surface area contributed by atoms with E-state index < -0.39 is 0 Å². The molecule has 0 saturated carbocycles. The zero-order valence-electron chi connectivity index (χ0n) is 18.5. The summed E-state index contributed by atoms with van der Waals surface area (Å²) in [6, 6.07) is 8.33. The van der Waals surface area contributed by atoms with Gasteiger partial charge >= 0.3 is 0 Å². The SMILES string of the molecule is CCCCCCCCS/C(=N/CN1CC(C)(C)CC(C)S1)Nc1cccc(Br)c1. The van der Waals surface area contributed by atoms with Crippen molar-refractivity contribution in [3.63, 3.8) is 0 Å². The zero-order valence-corrected chi connectivity index (χ0v) is 21.8. The first-order chi connectivity index (χ1) is 13.9. The maximum Gasteiger partial charge on any atom is 0.162 e. The van der Waals surface area contributed by atoms with Crippen molar-refractivity contribution in [1.82, 2.24) is 4.31 Å². The van der Waals surface area contributed by atoms with Crippen molar-refractivity contribution in [2.24, 2.45) is 10.4 Å².